The number of piperazine rings is 1. The molecule has 5 aromatic rings. The number of likely N-dealkylation sites (tertiary alicyclic amines) is 1. The molecular formula is C43H45FN10O5. The number of benzene rings is 2. The molecule has 0 radical (unpaired) electrons. The van der Waals surface area contributed by atoms with Gasteiger partial charge in [0.2, 0.25) is 11.7 Å². The number of amides is 2. The number of alkyl halides is 1. The lowest BCUT2D eigenvalue weighted by Gasteiger charge is -2.43. The number of aromatic nitrogens is 6. The third-order valence-corrected chi connectivity index (χ3v) is 13.9. The molecular weight excluding hydrogens is 756 g/mol. The normalized spacial score (nSPS) is 22.9. The van der Waals surface area contributed by atoms with Crippen molar-refractivity contribution in [1.29, 1.82) is 0 Å². The quantitative estimate of drug-likeness (QED) is 0.235. The first-order valence-electron chi connectivity index (χ1n) is 20.7. The van der Waals surface area contributed by atoms with Crippen LogP contribution in [0.3, 0.4) is 0 Å². The van der Waals surface area contributed by atoms with E-state index in [0.29, 0.717) is 78.9 Å². The van der Waals surface area contributed by atoms with Gasteiger partial charge in [-0.25, -0.2) is 14.4 Å². The predicted molar refractivity (Wildman–Crippen MR) is 214 cm³/mol. The van der Waals surface area contributed by atoms with Crippen LogP contribution in [0.25, 0.3) is 17.2 Å². The average molecular weight is 801 g/mol. The maximum Gasteiger partial charge on any atom is 0.279 e. The fraction of sp³-hybridized carbons (Fsp3) is 0.465. The van der Waals surface area contributed by atoms with Crippen LogP contribution in [0, 0.1) is 12.8 Å². The number of aromatic hydroxyl groups is 1. The zero-order valence-electron chi connectivity index (χ0n) is 32.8. The molecule has 2 aromatic carbocycles. The molecule has 3 aliphatic carbocycles. The van der Waals surface area contributed by atoms with Gasteiger partial charge in [-0.1, -0.05) is 12.1 Å². The number of fused-ring (bicyclic) bond motifs is 6. The molecule has 2 amide bonds. The third-order valence-electron chi connectivity index (χ3n) is 13.9. The lowest BCUT2D eigenvalue weighted by atomic mass is 9.71. The summed E-state index contributed by atoms with van der Waals surface area (Å²) in [6.45, 7) is 7.72. The van der Waals surface area contributed by atoms with Gasteiger partial charge in [0.05, 0.1) is 24.9 Å². The lowest BCUT2D eigenvalue weighted by Crippen LogP contribution is -2.56. The summed E-state index contributed by atoms with van der Waals surface area (Å²) in [6, 6.07) is 15.5. The molecule has 0 unspecified atom stereocenters. The third kappa shape index (κ3) is 5.93. The van der Waals surface area contributed by atoms with E-state index in [1.807, 2.05) is 16.7 Å². The smallest absolute Gasteiger partial charge is 0.279 e. The maximum atomic E-state index is 14.8. The molecule has 3 saturated heterocycles. The first-order valence-corrected chi connectivity index (χ1v) is 20.7. The Bertz CT molecular complexity index is 2570. The van der Waals surface area contributed by atoms with Gasteiger partial charge in [0.1, 0.15) is 18.5 Å². The Kier molecular flexibility index (Phi) is 8.25. The van der Waals surface area contributed by atoms with E-state index in [4.69, 9.17) is 14.8 Å². The van der Waals surface area contributed by atoms with E-state index in [0.717, 1.165) is 62.8 Å². The fourth-order valence-electron chi connectivity index (χ4n) is 10.2. The summed E-state index contributed by atoms with van der Waals surface area (Å²) in [6.07, 6.45) is 4.23. The summed E-state index contributed by atoms with van der Waals surface area (Å²) in [4.78, 5) is 61.9. The lowest BCUT2D eigenvalue weighted by molar-refractivity contribution is -0.116. The second-order valence-corrected chi connectivity index (χ2v) is 17.2. The molecule has 5 fully saturated rings. The van der Waals surface area contributed by atoms with Crippen molar-refractivity contribution < 1.29 is 23.8 Å². The van der Waals surface area contributed by atoms with Crippen LogP contribution >= 0.6 is 0 Å². The van der Waals surface area contributed by atoms with Crippen LogP contribution in [0.4, 0.5) is 15.8 Å². The van der Waals surface area contributed by atoms with Crippen LogP contribution < -0.4 is 15.8 Å². The molecule has 15 nitrogen and oxygen atoms in total. The Labute approximate surface area is 338 Å². The predicted octanol–water partition coefficient (Wildman–Crippen LogP) is 3.77. The number of ether oxygens (including phenoxy) is 1. The number of halogens is 1. The van der Waals surface area contributed by atoms with E-state index >= 15 is 0 Å². The number of anilines is 2. The zero-order chi connectivity index (χ0) is 40.2. The summed E-state index contributed by atoms with van der Waals surface area (Å²) >= 11 is 0. The average Bonchev–Trinajstić information content (AvgIpc) is 4.13. The van der Waals surface area contributed by atoms with Gasteiger partial charge in [-0.2, -0.15) is 9.50 Å². The van der Waals surface area contributed by atoms with Crippen molar-refractivity contribution >= 4 is 29.0 Å². The zero-order valence-corrected chi connectivity index (χ0v) is 32.8. The summed E-state index contributed by atoms with van der Waals surface area (Å²) in [5.41, 5.74) is 2.77. The summed E-state index contributed by atoms with van der Waals surface area (Å²) in [5.74, 6) is 0.0204. The second-order valence-electron chi connectivity index (χ2n) is 17.2. The van der Waals surface area contributed by atoms with Gasteiger partial charge >= 0.3 is 0 Å². The largest absolute Gasteiger partial charge is 0.504 e. The SMILES string of the molecule is Cc1ncnc(C(=O)N2CCC3(CC2)c2c(n(CC(=O)Nc4ccc(C5(F)CC5)cc4)c4nc(-c5ccc(N6CCN(C7COC7)CC6)cc5)nn4c2=O)[C@H]2C[C@H]23)c1O. The molecule has 2 atom stereocenters. The van der Waals surface area contributed by atoms with E-state index in [9.17, 15) is 23.9 Å². The van der Waals surface area contributed by atoms with Crippen LogP contribution in [0.5, 0.6) is 5.75 Å². The van der Waals surface area contributed by atoms with Crippen LogP contribution in [-0.4, -0.2) is 114 Å². The van der Waals surface area contributed by atoms with Crippen molar-refractivity contribution in [3.8, 4) is 17.1 Å². The highest BCUT2D eigenvalue weighted by Gasteiger charge is 2.64. The highest BCUT2D eigenvalue weighted by atomic mass is 19.1. The van der Waals surface area contributed by atoms with Crippen LogP contribution in [0.2, 0.25) is 0 Å². The minimum atomic E-state index is -1.27. The molecule has 59 heavy (non-hydrogen) atoms. The van der Waals surface area contributed by atoms with Gasteiger partial charge in [-0.3, -0.25) is 19.3 Å². The maximum absolute atomic E-state index is 14.8. The number of rotatable bonds is 8. The van der Waals surface area contributed by atoms with Crippen LogP contribution in [-0.2, 0) is 27.2 Å². The molecule has 11 rings (SSSR count). The molecule has 0 bridgehead atoms. The minimum absolute atomic E-state index is 0.0312. The highest BCUT2D eigenvalue weighted by molar-refractivity contribution is 5.95. The number of hydrogen-bond donors (Lipinski definition) is 2. The van der Waals surface area contributed by atoms with Crippen molar-refractivity contribution in [2.24, 2.45) is 5.92 Å². The van der Waals surface area contributed by atoms with Crippen molar-refractivity contribution in [3.63, 3.8) is 0 Å². The number of hydrogen-bond acceptors (Lipinski definition) is 11. The Morgan fingerprint density at radius 2 is 1.68 bits per heavy atom. The molecule has 3 aliphatic heterocycles. The molecule has 3 aromatic heterocycles. The Morgan fingerprint density at radius 1 is 0.949 bits per heavy atom. The summed E-state index contributed by atoms with van der Waals surface area (Å²) < 4.78 is 23.3. The topological polar surface area (TPSA) is 163 Å². The number of nitrogens with one attached hydrogen (secondary N) is 1. The van der Waals surface area contributed by atoms with Crippen molar-refractivity contribution in [2.45, 2.75) is 68.6 Å². The van der Waals surface area contributed by atoms with Crippen LogP contribution in [0.15, 0.2) is 59.7 Å². The molecule has 16 heteroatoms. The number of piperidine rings is 1. The van der Waals surface area contributed by atoms with Crippen molar-refractivity contribution in [2.75, 3.05) is 62.7 Å². The van der Waals surface area contributed by atoms with E-state index in [-0.39, 0.29) is 47.2 Å². The number of nitrogens with zero attached hydrogens (tertiary/aromatic N) is 9. The number of carbonyl (C=O) groups is 2. The van der Waals surface area contributed by atoms with Gasteiger partial charge in [-0.05, 0) is 86.9 Å². The van der Waals surface area contributed by atoms with Crippen molar-refractivity contribution in [3.05, 3.63) is 93.4 Å². The highest BCUT2D eigenvalue weighted by Crippen LogP contribution is 2.67. The monoisotopic (exact) mass is 800 g/mol. The summed E-state index contributed by atoms with van der Waals surface area (Å²) in [5, 5.41) is 18.4. The molecule has 6 aliphatic rings. The molecule has 2 saturated carbocycles. The Morgan fingerprint density at radius 3 is 2.36 bits per heavy atom. The molecule has 1 spiro atoms. The van der Waals surface area contributed by atoms with Crippen molar-refractivity contribution in [1.82, 2.24) is 38.9 Å². The molecule has 2 N–H and O–H groups in total. The van der Waals surface area contributed by atoms with Gasteiger partial charge < -0.3 is 29.5 Å². The van der Waals surface area contributed by atoms with Gasteiger partial charge in [0.15, 0.2) is 17.3 Å². The van der Waals surface area contributed by atoms with E-state index in [1.54, 1.807) is 36.1 Å². The Balaban J connectivity index is 0.916. The molecule has 304 valence electrons. The van der Waals surface area contributed by atoms with Gasteiger partial charge in [-0.15, -0.1) is 5.10 Å². The fourth-order valence-corrected chi connectivity index (χ4v) is 10.2. The first-order chi connectivity index (χ1) is 28.6. The number of aryl methyl sites for hydroxylation is 1. The van der Waals surface area contributed by atoms with E-state index in [1.165, 1.54) is 10.8 Å². The van der Waals surface area contributed by atoms with Crippen LogP contribution in [0.1, 0.15) is 71.0 Å². The summed E-state index contributed by atoms with van der Waals surface area (Å²) in [7, 11) is 0. The van der Waals surface area contributed by atoms with E-state index in [2.05, 4.69) is 37.2 Å². The molecule has 6 heterocycles. The van der Waals surface area contributed by atoms with Gasteiger partial charge in [0.25, 0.3) is 11.5 Å². The van der Waals surface area contributed by atoms with Gasteiger partial charge in [0, 0.05) is 78.8 Å². The minimum Gasteiger partial charge on any atom is -0.504 e. The Hall–Kier alpha value is -5.74. The standard InChI is InChI=1S/C43H45FN10O5/c1-25-37(56)35(46-24-45-25)40(58)52-14-12-42(13-15-52)32-20-31(32)36-34(42)39(57)54-41(53(36)21-33(55)47-28-6-4-27(5-7-28)43(44)10-11-43)48-38(49-54)26-2-8-29(9-3-26)50-16-18-51(19-17-50)30-22-59-23-30/h2-9,24,30-32,56H,10-23H2,1H3,(H,47,55)/t31-,32+/m0/s1. The first kappa shape index (κ1) is 36.3. The second kappa shape index (κ2) is 13.4. The van der Waals surface area contributed by atoms with E-state index < -0.39 is 11.1 Å². The number of carbonyl (C=O) groups excluding carboxylic acids is 2.